The van der Waals surface area contributed by atoms with Gasteiger partial charge in [-0.15, -0.1) is 0 Å². The molecule has 17 heavy (non-hydrogen) atoms. The number of carbonyl (C=O) groups is 1. The summed E-state index contributed by atoms with van der Waals surface area (Å²) in [4.78, 5) is 10.8. The zero-order valence-electron chi connectivity index (χ0n) is 10.2. The van der Waals surface area contributed by atoms with Crippen LogP contribution in [0.4, 0.5) is 0 Å². The number of hydrogen-bond donors (Lipinski definition) is 1. The molecular weight excluding hydrogens is 236 g/mol. The molecule has 3 nitrogen and oxygen atoms in total. The Morgan fingerprint density at radius 1 is 1.53 bits per heavy atom. The molecule has 1 unspecified atom stereocenters. The Labute approximate surface area is 106 Å². The second kappa shape index (κ2) is 7.22. The highest BCUT2D eigenvalue weighted by atomic mass is 32.2. The molecule has 0 aliphatic carbocycles. The third-order valence-electron chi connectivity index (χ3n) is 2.41. The van der Waals surface area contributed by atoms with E-state index in [0.717, 1.165) is 12.2 Å². The van der Waals surface area contributed by atoms with Gasteiger partial charge in [0.15, 0.2) is 0 Å². The van der Waals surface area contributed by atoms with Crippen molar-refractivity contribution in [1.29, 1.82) is 0 Å². The summed E-state index contributed by atoms with van der Waals surface area (Å²) in [5, 5.41) is 9.47. The fraction of sp³-hybridized carbons (Fsp3) is 0.462. The molecule has 0 aliphatic heterocycles. The third-order valence-corrected chi connectivity index (χ3v) is 3.72. The summed E-state index contributed by atoms with van der Waals surface area (Å²) >= 11 is 1.86. The summed E-state index contributed by atoms with van der Waals surface area (Å²) in [6.07, 6.45) is 1.15. The molecule has 0 aliphatic rings. The molecule has 1 rings (SSSR count). The molecule has 1 aromatic rings. The number of aromatic carboxylic acids is 1. The van der Waals surface area contributed by atoms with Gasteiger partial charge < -0.3 is 9.84 Å². The van der Waals surface area contributed by atoms with E-state index in [1.165, 1.54) is 0 Å². The topological polar surface area (TPSA) is 46.5 Å². The second-order valence-electron chi connectivity index (χ2n) is 3.77. The molecular formula is C13H18O3S. The first kappa shape index (κ1) is 13.9. The minimum absolute atomic E-state index is 0.261. The summed E-state index contributed by atoms with van der Waals surface area (Å²) < 4.78 is 5.51. The smallest absolute Gasteiger partial charge is 0.335 e. The van der Waals surface area contributed by atoms with E-state index < -0.39 is 5.97 Å². The van der Waals surface area contributed by atoms with Crippen molar-refractivity contribution in [3.63, 3.8) is 0 Å². The Bertz CT molecular complexity index is 365. The Hall–Kier alpha value is -1.16. The Morgan fingerprint density at radius 2 is 2.29 bits per heavy atom. The number of carboxylic acids is 1. The van der Waals surface area contributed by atoms with Crippen molar-refractivity contribution in [2.24, 2.45) is 0 Å². The van der Waals surface area contributed by atoms with Crippen molar-refractivity contribution >= 4 is 17.7 Å². The van der Waals surface area contributed by atoms with Crippen LogP contribution in [0.5, 0.6) is 5.75 Å². The first-order valence-electron chi connectivity index (χ1n) is 5.71. The van der Waals surface area contributed by atoms with Crippen molar-refractivity contribution in [3.05, 3.63) is 29.8 Å². The van der Waals surface area contributed by atoms with E-state index >= 15 is 0 Å². The third kappa shape index (κ3) is 5.13. The van der Waals surface area contributed by atoms with Gasteiger partial charge in [0.1, 0.15) is 5.75 Å². The van der Waals surface area contributed by atoms with Gasteiger partial charge >= 0.3 is 5.97 Å². The highest BCUT2D eigenvalue weighted by molar-refractivity contribution is 7.99. The maximum atomic E-state index is 10.8. The number of carboxylic acid groups (broad SMARTS) is 1. The summed E-state index contributed by atoms with van der Waals surface area (Å²) in [5.74, 6) is 0.617. The Morgan fingerprint density at radius 3 is 2.94 bits per heavy atom. The molecule has 0 bridgehead atoms. The predicted molar refractivity (Wildman–Crippen MR) is 71.1 cm³/mol. The molecule has 0 spiro atoms. The molecule has 0 fully saturated rings. The van der Waals surface area contributed by atoms with Gasteiger partial charge in [0.25, 0.3) is 0 Å². The van der Waals surface area contributed by atoms with Gasteiger partial charge in [-0.2, -0.15) is 11.8 Å². The molecule has 0 saturated heterocycles. The van der Waals surface area contributed by atoms with Crippen LogP contribution in [0, 0.1) is 0 Å². The minimum atomic E-state index is -0.926. The maximum Gasteiger partial charge on any atom is 0.335 e. The number of benzene rings is 1. The zero-order chi connectivity index (χ0) is 12.7. The minimum Gasteiger partial charge on any atom is -0.493 e. The molecule has 0 amide bonds. The van der Waals surface area contributed by atoms with E-state index in [1.54, 1.807) is 24.3 Å². The molecule has 0 heterocycles. The fourth-order valence-corrected chi connectivity index (χ4v) is 2.06. The molecule has 1 N–H and O–H groups in total. The number of rotatable bonds is 7. The van der Waals surface area contributed by atoms with Crippen LogP contribution in [-0.2, 0) is 0 Å². The first-order chi connectivity index (χ1) is 8.13. The predicted octanol–water partition coefficient (Wildman–Crippen LogP) is 3.30. The van der Waals surface area contributed by atoms with Gasteiger partial charge in [-0.3, -0.25) is 0 Å². The Kier molecular flexibility index (Phi) is 5.91. The van der Waals surface area contributed by atoms with Gasteiger partial charge in [-0.25, -0.2) is 4.79 Å². The average molecular weight is 254 g/mol. The van der Waals surface area contributed by atoms with E-state index in [1.807, 2.05) is 11.8 Å². The highest BCUT2D eigenvalue weighted by Crippen LogP contribution is 2.16. The van der Waals surface area contributed by atoms with Crippen molar-refractivity contribution in [3.8, 4) is 5.75 Å². The molecule has 1 atom stereocenters. The summed E-state index contributed by atoms with van der Waals surface area (Å²) in [5.41, 5.74) is 0.261. The average Bonchev–Trinajstić information content (AvgIpc) is 2.34. The molecule has 0 saturated carbocycles. The Balaban J connectivity index is 2.36. The fourth-order valence-electron chi connectivity index (χ4n) is 1.25. The summed E-state index contributed by atoms with van der Waals surface area (Å²) in [7, 11) is 0. The van der Waals surface area contributed by atoms with Crippen molar-refractivity contribution in [2.75, 3.05) is 12.4 Å². The highest BCUT2D eigenvalue weighted by Gasteiger charge is 2.04. The molecule has 0 radical (unpaired) electrons. The number of thioether (sulfide) groups is 1. The number of hydrogen-bond acceptors (Lipinski definition) is 3. The first-order valence-corrected chi connectivity index (χ1v) is 6.76. The van der Waals surface area contributed by atoms with Crippen molar-refractivity contribution in [1.82, 2.24) is 0 Å². The van der Waals surface area contributed by atoms with Crippen LogP contribution < -0.4 is 4.74 Å². The van der Waals surface area contributed by atoms with Crippen LogP contribution in [0.3, 0.4) is 0 Å². The monoisotopic (exact) mass is 254 g/mol. The SMILES string of the molecule is CCC(C)SCCOc1cccc(C(=O)O)c1. The number of ether oxygens (including phenoxy) is 1. The van der Waals surface area contributed by atoms with Crippen molar-refractivity contribution < 1.29 is 14.6 Å². The lowest BCUT2D eigenvalue weighted by Gasteiger charge is -2.09. The maximum absolute atomic E-state index is 10.8. The summed E-state index contributed by atoms with van der Waals surface area (Å²) in [6.45, 7) is 4.96. The van der Waals surface area contributed by atoms with Gasteiger partial charge in [0.2, 0.25) is 0 Å². The van der Waals surface area contributed by atoms with Gasteiger partial charge in [0.05, 0.1) is 12.2 Å². The van der Waals surface area contributed by atoms with Gasteiger partial charge in [-0.1, -0.05) is 19.9 Å². The molecule has 0 aromatic heterocycles. The molecule has 94 valence electrons. The van der Waals surface area contributed by atoms with Crippen LogP contribution in [0.2, 0.25) is 0 Å². The largest absolute Gasteiger partial charge is 0.493 e. The molecule has 4 heteroatoms. The van der Waals surface area contributed by atoms with Crippen LogP contribution in [0.15, 0.2) is 24.3 Å². The zero-order valence-corrected chi connectivity index (χ0v) is 11.0. The van der Waals surface area contributed by atoms with Crippen LogP contribution >= 0.6 is 11.8 Å². The normalized spacial score (nSPS) is 12.1. The van der Waals surface area contributed by atoms with E-state index in [0.29, 0.717) is 17.6 Å². The van der Waals surface area contributed by atoms with Gasteiger partial charge in [0, 0.05) is 11.0 Å². The quantitative estimate of drug-likeness (QED) is 0.758. The lowest BCUT2D eigenvalue weighted by molar-refractivity contribution is 0.0696. The van der Waals surface area contributed by atoms with Crippen LogP contribution in [0.25, 0.3) is 0 Å². The van der Waals surface area contributed by atoms with E-state index in [9.17, 15) is 4.79 Å². The lowest BCUT2D eigenvalue weighted by Crippen LogP contribution is -2.04. The van der Waals surface area contributed by atoms with Crippen LogP contribution in [0.1, 0.15) is 30.6 Å². The second-order valence-corrected chi connectivity index (χ2v) is 5.32. The van der Waals surface area contributed by atoms with Crippen molar-refractivity contribution in [2.45, 2.75) is 25.5 Å². The standard InChI is InChI=1S/C13H18O3S/c1-3-10(2)17-8-7-16-12-6-4-5-11(9-12)13(14)15/h4-6,9-10H,3,7-8H2,1-2H3,(H,14,15). The van der Waals surface area contributed by atoms with E-state index in [2.05, 4.69) is 13.8 Å². The van der Waals surface area contributed by atoms with E-state index in [-0.39, 0.29) is 5.56 Å². The van der Waals surface area contributed by atoms with E-state index in [4.69, 9.17) is 9.84 Å². The lowest BCUT2D eigenvalue weighted by atomic mass is 10.2. The summed E-state index contributed by atoms with van der Waals surface area (Å²) in [6, 6.07) is 6.58. The van der Waals surface area contributed by atoms with Gasteiger partial charge in [-0.05, 0) is 24.6 Å². The van der Waals surface area contributed by atoms with Crippen LogP contribution in [-0.4, -0.2) is 28.7 Å². The molecule has 1 aromatic carbocycles.